The van der Waals surface area contributed by atoms with Gasteiger partial charge in [0.05, 0.1) is 6.04 Å². The Morgan fingerprint density at radius 2 is 2.05 bits per heavy atom. The smallest absolute Gasteiger partial charge is 0.328 e. The number of nitrogens with zero attached hydrogens (tertiary/aromatic N) is 3. The van der Waals surface area contributed by atoms with Crippen molar-refractivity contribution in [1.82, 2.24) is 4.73 Å². The van der Waals surface area contributed by atoms with E-state index in [1.807, 2.05) is 37.5 Å². The minimum atomic E-state index is 0.262. The van der Waals surface area contributed by atoms with E-state index in [0.29, 0.717) is 0 Å². The van der Waals surface area contributed by atoms with Gasteiger partial charge in [0.1, 0.15) is 5.69 Å². The molecule has 6 heteroatoms. The third kappa shape index (κ3) is 1.60. The molecule has 0 fully saturated rings. The average molecular weight is 260 g/mol. The Kier molecular flexibility index (Phi) is 2.51. The fraction of sp³-hybridized carbons (Fsp3) is 0.308. The molecule has 1 aliphatic heterocycles. The monoisotopic (exact) mass is 260 g/mol. The number of anilines is 3. The predicted molar refractivity (Wildman–Crippen MR) is 74.1 cm³/mol. The molecule has 0 saturated carbocycles. The number of aromatic nitrogens is 2. The van der Waals surface area contributed by atoms with E-state index in [0.717, 1.165) is 23.2 Å². The molecule has 2 heterocycles. The van der Waals surface area contributed by atoms with Crippen molar-refractivity contribution in [2.45, 2.75) is 19.9 Å². The maximum Gasteiger partial charge on any atom is 0.382 e. The van der Waals surface area contributed by atoms with Crippen molar-refractivity contribution in [2.24, 2.45) is 0 Å². The van der Waals surface area contributed by atoms with Crippen molar-refractivity contribution >= 4 is 17.5 Å². The van der Waals surface area contributed by atoms with Crippen LogP contribution in [0.5, 0.6) is 5.75 Å². The number of rotatable bonds is 2. The summed E-state index contributed by atoms with van der Waals surface area (Å²) in [5.74, 6) is 8.53. The molecule has 19 heavy (non-hydrogen) atoms. The lowest BCUT2D eigenvalue weighted by molar-refractivity contribution is -0.611. The van der Waals surface area contributed by atoms with Crippen LogP contribution in [0.15, 0.2) is 30.5 Å². The van der Waals surface area contributed by atoms with Gasteiger partial charge in [0, 0.05) is 7.05 Å². The Morgan fingerprint density at radius 3 is 2.74 bits per heavy atom. The first kappa shape index (κ1) is 11.7. The van der Waals surface area contributed by atoms with Gasteiger partial charge < -0.3 is 10.2 Å². The van der Waals surface area contributed by atoms with Gasteiger partial charge in [-0.1, -0.05) is 16.9 Å². The molecule has 0 aliphatic carbocycles. The molecule has 1 aromatic carbocycles. The van der Waals surface area contributed by atoms with Crippen LogP contribution in [-0.4, -0.2) is 17.8 Å². The second kappa shape index (κ2) is 4.08. The standard InChI is InChI=1S/C13H18N5O/c1-9(2)17-10-6-4-5-7-11(10)19-16-8-12(15-3)18(14)13(16)17/h4-9,15H,14H2,1-3H3/q+1. The second-order valence-corrected chi connectivity index (χ2v) is 4.78. The Hall–Kier alpha value is -2.37. The molecule has 0 atom stereocenters. The van der Waals surface area contributed by atoms with Crippen LogP contribution in [0, 0.1) is 0 Å². The molecule has 0 unspecified atom stereocenters. The van der Waals surface area contributed by atoms with Crippen molar-refractivity contribution in [3.8, 4) is 5.75 Å². The molecule has 3 N–H and O–H groups in total. The second-order valence-electron chi connectivity index (χ2n) is 4.78. The molecule has 2 aromatic rings. The van der Waals surface area contributed by atoms with Gasteiger partial charge in [0.15, 0.2) is 6.20 Å². The average Bonchev–Trinajstić information content (AvgIpc) is 2.72. The molecule has 1 aromatic heterocycles. The van der Waals surface area contributed by atoms with Crippen LogP contribution < -0.4 is 25.6 Å². The minimum Gasteiger partial charge on any atom is -0.328 e. The molecule has 3 rings (SSSR count). The van der Waals surface area contributed by atoms with Crippen LogP contribution in [0.3, 0.4) is 0 Å². The predicted octanol–water partition coefficient (Wildman–Crippen LogP) is 1.23. The van der Waals surface area contributed by atoms with Gasteiger partial charge in [0.2, 0.25) is 11.6 Å². The van der Waals surface area contributed by atoms with Gasteiger partial charge in [-0.3, -0.25) is 5.84 Å². The van der Waals surface area contributed by atoms with Crippen LogP contribution >= 0.6 is 0 Å². The zero-order chi connectivity index (χ0) is 13.6. The summed E-state index contributed by atoms with van der Waals surface area (Å²) < 4.78 is 3.28. The van der Waals surface area contributed by atoms with E-state index in [2.05, 4.69) is 24.1 Å². The number of nitrogen functional groups attached to an aromatic ring is 1. The SMILES string of the molecule is CNc1cn2c([n+]1N)N(C(C)C)c1ccccc1O2. The van der Waals surface area contributed by atoms with Crippen molar-refractivity contribution in [1.29, 1.82) is 0 Å². The summed E-state index contributed by atoms with van der Waals surface area (Å²) in [6, 6.07) is 8.20. The summed E-state index contributed by atoms with van der Waals surface area (Å²) in [4.78, 5) is 8.01. The lowest BCUT2D eigenvalue weighted by atomic mass is 10.2. The van der Waals surface area contributed by atoms with Crippen molar-refractivity contribution in [3.05, 3.63) is 30.5 Å². The minimum absolute atomic E-state index is 0.262. The summed E-state index contributed by atoms with van der Waals surface area (Å²) in [6.07, 6.45) is 1.83. The van der Waals surface area contributed by atoms with Crippen LogP contribution in [-0.2, 0) is 0 Å². The van der Waals surface area contributed by atoms with E-state index in [4.69, 9.17) is 10.7 Å². The van der Waals surface area contributed by atoms with Crippen LogP contribution in [0.2, 0.25) is 0 Å². The van der Waals surface area contributed by atoms with Crippen LogP contribution in [0.1, 0.15) is 13.8 Å². The van der Waals surface area contributed by atoms with E-state index in [-0.39, 0.29) is 6.04 Å². The molecule has 6 nitrogen and oxygen atoms in total. The first-order valence-electron chi connectivity index (χ1n) is 6.30. The Morgan fingerprint density at radius 1 is 1.32 bits per heavy atom. The number of hydrogen-bond acceptors (Lipinski definition) is 4. The maximum absolute atomic E-state index is 6.13. The number of imidazole rings is 1. The fourth-order valence-corrected chi connectivity index (χ4v) is 2.38. The van der Waals surface area contributed by atoms with Gasteiger partial charge in [-0.05, 0) is 26.0 Å². The van der Waals surface area contributed by atoms with Gasteiger partial charge >= 0.3 is 5.95 Å². The largest absolute Gasteiger partial charge is 0.382 e. The number of nitrogens with one attached hydrogen (secondary N) is 1. The van der Waals surface area contributed by atoms with E-state index in [1.165, 1.54) is 0 Å². The van der Waals surface area contributed by atoms with E-state index in [9.17, 15) is 0 Å². The first-order valence-corrected chi connectivity index (χ1v) is 6.30. The highest BCUT2D eigenvalue weighted by atomic mass is 16.7. The highest BCUT2D eigenvalue weighted by Gasteiger charge is 2.36. The summed E-state index contributed by atoms with van der Waals surface area (Å²) in [6.45, 7) is 4.25. The highest BCUT2D eigenvalue weighted by molar-refractivity contribution is 5.67. The summed E-state index contributed by atoms with van der Waals surface area (Å²) in [7, 11) is 1.83. The summed E-state index contributed by atoms with van der Waals surface area (Å²) in [5.41, 5.74) is 1.02. The molecule has 0 bridgehead atoms. The van der Waals surface area contributed by atoms with Gasteiger partial charge in [0.25, 0.3) is 0 Å². The first-order chi connectivity index (χ1) is 9.13. The molecular formula is C13H18N5O+. The highest BCUT2D eigenvalue weighted by Crippen LogP contribution is 2.38. The summed E-state index contributed by atoms with van der Waals surface area (Å²) >= 11 is 0. The van der Waals surface area contributed by atoms with Crippen LogP contribution in [0.4, 0.5) is 17.5 Å². The molecule has 1 aliphatic rings. The molecular weight excluding hydrogens is 242 g/mol. The van der Waals surface area contributed by atoms with Crippen molar-refractivity contribution in [3.63, 3.8) is 0 Å². The molecule has 0 spiro atoms. The third-order valence-electron chi connectivity index (χ3n) is 3.22. The van der Waals surface area contributed by atoms with Gasteiger partial charge in [-0.2, -0.15) is 0 Å². The van der Waals surface area contributed by atoms with E-state index in [1.54, 1.807) is 9.41 Å². The van der Waals surface area contributed by atoms with E-state index < -0.39 is 0 Å². The van der Waals surface area contributed by atoms with Crippen molar-refractivity contribution < 1.29 is 9.51 Å². The third-order valence-corrected chi connectivity index (χ3v) is 3.22. The molecule has 100 valence electrons. The van der Waals surface area contributed by atoms with Gasteiger partial charge in [-0.15, -0.1) is 4.68 Å². The number of hydrogen-bond donors (Lipinski definition) is 2. The van der Waals surface area contributed by atoms with E-state index >= 15 is 0 Å². The van der Waals surface area contributed by atoms with Gasteiger partial charge in [-0.25, -0.2) is 4.90 Å². The molecule has 0 amide bonds. The fourth-order valence-electron chi connectivity index (χ4n) is 2.38. The Labute approximate surface area is 111 Å². The topological polar surface area (TPSA) is 59.3 Å². The number of nitrogens with two attached hydrogens (primary N) is 1. The lowest BCUT2D eigenvalue weighted by Gasteiger charge is -2.28. The Balaban J connectivity index is 2.22. The lowest BCUT2D eigenvalue weighted by Crippen LogP contribution is -2.52. The number of fused-ring (bicyclic) bond motifs is 2. The number of para-hydroxylation sites is 2. The van der Waals surface area contributed by atoms with Crippen molar-refractivity contribution in [2.75, 3.05) is 23.1 Å². The number of benzene rings is 1. The molecule has 0 saturated heterocycles. The summed E-state index contributed by atoms with van der Waals surface area (Å²) in [5, 5.41) is 3.05. The normalized spacial score (nSPS) is 12.9. The zero-order valence-corrected chi connectivity index (χ0v) is 11.3. The molecule has 0 radical (unpaired) electrons. The van der Waals surface area contributed by atoms with Crippen LogP contribution in [0.25, 0.3) is 0 Å². The quantitative estimate of drug-likeness (QED) is 0.630. The Bertz CT molecular complexity index is 619. The maximum atomic E-state index is 6.13. The zero-order valence-electron chi connectivity index (χ0n) is 11.3.